The first kappa shape index (κ1) is 21.5. The molecule has 1 fully saturated rings. The molecule has 7 heteroatoms. The highest BCUT2D eigenvalue weighted by molar-refractivity contribution is 5.95. The van der Waals surface area contributed by atoms with Crippen molar-refractivity contribution in [1.29, 1.82) is 0 Å². The summed E-state index contributed by atoms with van der Waals surface area (Å²) in [5.41, 5.74) is 4.28. The van der Waals surface area contributed by atoms with Crippen LogP contribution in [0.5, 0.6) is 11.5 Å². The van der Waals surface area contributed by atoms with Crippen molar-refractivity contribution in [2.45, 2.75) is 33.2 Å². The van der Waals surface area contributed by atoms with Gasteiger partial charge in [0.1, 0.15) is 5.58 Å². The Kier molecular flexibility index (Phi) is 5.58. The van der Waals surface area contributed by atoms with Gasteiger partial charge in [0, 0.05) is 49.7 Å². The van der Waals surface area contributed by atoms with Crippen molar-refractivity contribution in [2.24, 2.45) is 0 Å². The largest absolute Gasteiger partial charge is 0.454 e. The van der Waals surface area contributed by atoms with Gasteiger partial charge >= 0.3 is 5.63 Å². The molecular formula is C26H28N2O5. The van der Waals surface area contributed by atoms with Crippen molar-refractivity contribution < 1.29 is 18.7 Å². The SMILES string of the molecule is Cc1cc2oc(=O)cc(CN3CCN(C(=O)c4ccc5c(c4)OCO5)CC3)c2cc1C(C)C. The van der Waals surface area contributed by atoms with E-state index in [1.165, 1.54) is 5.56 Å². The Bertz CT molecular complexity index is 1270. The van der Waals surface area contributed by atoms with Gasteiger partial charge in [0.2, 0.25) is 6.79 Å². The summed E-state index contributed by atoms with van der Waals surface area (Å²) in [7, 11) is 0. The van der Waals surface area contributed by atoms with Crippen molar-refractivity contribution in [3.05, 3.63) is 69.1 Å². The van der Waals surface area contributed by atoms with Crippen molar-refractivity contribution in [1.82, 2.24) is 9.80 Å². The summed E-state index contributed by atoms with van der Waals surface area (Å²) in [5.74, 6) is 1.67. The lowest BCUT2D eigenvalue weighted by atomic mass is 9.95. The van der Waals surface area contributed by atoms with Crippen LogP contribution in [0.2, 0.25) is 0 Å². The molecule has 1 saturated heterocycles. The standard InChI is InChI=1S/C26H28N2O5/c1-16(2)20-13-21-19(12-25(29)33-23(21)10-17(20)3)14-27-6-8-28(9-7-27)26(30)18-4-5-22-24(11-18)32-15-31-22/h4-5,10-13,16H,6-9,14-15H2,1-3H3. The molecule has 2 aromatic carbocycles. The first-order valence-corrected chi connectivity index (χ1v) is 11.4. The number of piperazine rings is 1. The van der Waals surface area contributed by atoms with Crippen LogP contribution in [0.25, 0.3) is 11.0 Å². The molecule has 3 heterocycles. The molecular weight excluding hydrogens is 420 g/mol. The van der Waals surface area contributed by atoms with E-state index in [-0.39, 0.29) is 18.3 Å². The lowest BCUT2D eigenvalue weighted by molar-refractivity contribution is 0.0628. The molecule has 1 amide bonds. The van der Waals surface area contributed by atoms with Crippen LogP contribution < -0.4 is 15.1 Å². The van der Waals surface area contributed by atoms with Crippen LogP contribution in [0.1, 0.15) is 46.8 Å². The fourth-order valence-corrected chi connectivity index (χ4v) is 4.71. The third-order valence-corrected chi connectivity index (χ3v) is 6.51. The summed E-state index contributed by atoms with van der Waals surface area (Å²) in [4.78, 5) is 29.3. The Morgan fingerprint density at radius 3 is 2.52 bits per heavy atom. The van der Waals surface area contributed by atoms with Gasteiger partial charge in [-0.2, -0.15) is 0 Å². The van der Waals surface area contributed by atoms with E-state index in [4.69, 9.17) is 13.9 Å². The fraction of sp³-hybridized carbons (Fsp3) is 0.385. The smallest absolute Gasteiger partial charge is 0.336 e. The molecule has 0 N–H and O–H groups in total. The van der Waals surface area contributed by atoms with Gasteiger partial charge in [-0.1, -0.05) is 13.8 Å². The van der Waals surface area contributed by atoms with Gasteiger partial charge in [0.15, 0.2) is 11.5 Å². The van der Waals surface area contributed by atoms with Gasteiger partial charge in [-0.25, -0.2) is 4.79 Å². The number of benzene rings is 2. The van der Waals surface area contributed by atoms with Crippen LogP contribution in [0.4, 0.5) is 0 Å². The number of rotatable bonds is 4. The van der Waals surface area contributed by atoms with E-state index in [1.807, 2.05) is 11.0 Å². The fourth-order valence-electron chi connectivity index (χ4n) is 4.71. The maximum atomic E-state index is 13.0. The zero-order chi connectivity index (χ0) is 23.1. The van der Waals surface area contributed by atoms with E-state index in [2.05, 4.69) is 31.7 Å². The average molecular weight is 449 g/mol. The van der Waals surface area contributed by atoms with Gasteiger partial charge in [-0.05, 0) is 59.9 Å². The number of aryl methyl sites for hydroxylation is 1. The summed E-state index contributed by atoms with van der Waals surface area (Å²) in [6.07, 6.45) is 0. The zero-order valence-electron chi connectivity index (χ0n) is 19.2. The molecule has 1 aromatic heterocycles. The second-order valence-electron chi connectivity index (χ2n) is 9.09. The monoisotopic (exact) mass is 448 g/mol. The number of carbonyl (C=O) groups is 1. The van der Waals surface area contributed by atoms with Gasteiger partial charge in [0.05, 0.1) is 0 Å². The summed E-state index contributed by atoms with van der Waals surface area (Å²) in [6, 6.07) is 11.0. The van der Waals surface area contributed by atoms with E-state index in [9.17, 15) is 9.59 Å². The molecule has 2 aliphatic rings. The van der Waals surface area contributed by atoms with Crippen LogP contribution >= 0.6 is 0 Å². The Morgan fingerprint density at radius 2 is 1.76 bits per heavy atom. The summed E-state index contributed by atoms with van der Waals surface area (Å²) >= 11 is 0. The minimum Gasteiger partial charge on any atom is -0.454 e. The quantitative estimate of drug-likeness (QED) is 0.564. The molecule has 0 unspecified atom stereocenters. The van der Waals surface area contributed by atoms with E-state index < -0.39 is 0 Å². The average Bonchev–Trinajstić information content (AvgIpc) is 3.26. The molecule has 172 valence electrons. The van der Waals surface area contributed by atoms with E-state index in [1.54, 1.807) is 24.3 Å². The molecule has 2 aliphatic heterocycles. The van der Waals surface area contributed by atoms with Crippen LogP contribution in [0.3, 0.4) is 0 Å². The summed E-state index contributed by atoms with van der Waals surface area (Å²) in [5, 5.41) is 0.989. The lowest BCUT2D eigenvalue weighted by Gasteiger charge is -2.35. The number of ether oxygens (including phenoxy) is 2. The number of nitrogens with zero attached hydrogens (tertiary/aromatic N) is 2. The summed E-state index contributed by atoms with van der Waals surface area (Å²) < 4.78 is 16.2. The summed E-state index contributed by atoms with van der Waals surface area (Å²) in [6.45, 7) is 9.96. The maximum absolute atomic E-state index is 13.0. The van der Waals surface area contributed by atoms with Crippen molar-refractivity contribution in [2.75, 3.05) is 33.0 Å². The molecule has 0 bridgehead atoms. The zero-order valence-corrected chi connectivity index (χ0v) is 19.2. The van der Waals surface area contributed by atoms with Crippen LogP contribution in [0, 0.1) is 6.92 Å². The highest BCUT2D eigenvalue weighted by atomic mass is 16.7. The maximum Gasteiger partial charge on any atom is 0.336 e. The van der Waals surface area contributed by atoms with E-state index >= 15 is 0 Å². The van der Waals surface area contributed by atoms with E-state index in [0.29, 0.717) is 48.2 Å². The molecule has 7 nitrogen and oxygen atoms in total. The number of fused-ring (bicyclic) bond motifs is 2. The van der Waals surface area contributed by atoms with Gasteiger partial charge < -0.3 is 18.8 Å². The van der Waals surface area contributed by atoms with E-state index in [0.717, 1.165) is 29.6 Å². The number of amides is 1. The molecule has 0 atom stereocenters. The predicted octanol–water partition coefficient (Wildman–Crippen LogP) is 3.91. The normalized spacial score (nSPS) is 16.1. The third-order valence-electron chi connectivity index (χ3n) is 6.51. The Morgan fingerprint density at radius 1 is 1.00 bits per heavy atom. The van der Waals surface area contributed by atoms with Gasteiger partial charge in [0.25, 0.3) is 5.91 Å². The van der Waals surface area contributed by atoms with Crippen molar-refractivity contribution in [3.63, 3.8) is 0 Å². The molecule has 0 spiro atoms. The highest BCUT2D eigenvalue weighted by Crippen LogP contribution is 2.33. The molecule has 5 rings (SSSR count). The topological polar surface area (TPSA) is 72.2 Å². The Hall–Kier alpha value is -3.32. The first-order valence-electron chi connectivity index (χ1n) is 11.4. The predicted molar refractivity (Wildman–Crippen MR) is 125 cm³/mol. The molecule has 3 aromatic rings. The third kappa shape index (κ3) is 4.20. The van der Waals surface area contributed by atoms with Crippen LogP contribution in [-0.2, 0) is 6.54 Å². The molecule has 33 heavy (non-hydrogen) atoms. The van der Waals surface area contributed by atoms with Crippen LogP contribution in [-0.4, -0.2) is 48.7 Å². The minimum absolute atomic E-state index is 0.00388. The van der Waals surface area contributed by atoms with Gasteiger partial charge in [-0.3, -0.25) is 9.69 Å². The second kappa shape index (κ2) is 8.56. The minimum atomic E-state index is -0.328. The number of carbonyl (C=O) groups excluding carboxylic acids is 1. The van der Waals surface area contributed by atoms with Crippen molar-refractivity contribution in [3.8, 4) is 11.5 Å². The Balaban J connectivity index is 1.30. The second-order valence-corrected chi connectivity index (χ2v) is 9.09. The first-order chi connectivity index (χ1) is 15.9. The molecule has 0 radical (unpaired) electrons. The lowest BCUT2D eigenvalue weighted by Crippen LogP contribution is -2.48. The Labute approximate surface area is 192 Å². The number of hydrogen-bond donors (Lipinski definition) is 0. The van der Waals surface area contributed by atoms with Crippen LogP contribution in [0.15, 0.2) is 45.6 Å². The highest BCUT2D eigenvalue weighted by Gasteiger charge is 2.25. The molecule has 0 saturated carbocycles. The number of hydrogen-bond acceptors (Lipinski definition) is 6. The molecule has 0 aliphatic carbocycles. The van der Waals surface area contributed by atoms with Crippen molar-refractivity contribution >= 4 is 16.9 Å². The van der Waals surface area contributed by atoms with Gasteiger partial charge in [-0.15, -0.1) is 0 Å².